The topological polar surface area (TPSA) is 26.0 Å². The number of fused-ring (bicyclic) bond motifs is 3. The van der Waals surface area contributed by atoms with Gasteiger partial charge < -0.3 is 4.42 Å². The van der Waals surface area contributed by atoms with Gasteiger partial charge in [0, 0.05) is 10.9 Å². The van der Waals surface area contributed by atoms with E-state index in [0.717, 1.165) is 33.3 Å². The lowest BCUT2D eigenvalue weighted by molar-refractivity contribution is 0.668. The summed E-state index contributed by atoms with van der Waals surface area (Å²) in [5, 5.41) is 1.07. The third-order valence-electron chi connectivity index (χ3n) is 3.53. The molecule has 0 aliphatic carbocycles. The van der Waals surface area contributed by atoms with Gasteiger partial charge >= 0.3 is 0 Å². The maximum absolute atomic E-state index is 5.80. The van der Waals surface area contributed by atoms with Crippen molar-refractivity contribution in [1.29, 1.82) is 0 Å². The number of pyridine rings is 1. The van der Waals surface area contributed by atoms with Crippen LogP contribution in [-0.2, 0) is 0 Å². The molecule has 0 spiro atoms. The highest BCUT2D eigenvalue weighted by atomic mass is 16.3. The second kappa shape index (κ2) is 4.20. The Morgan fingerprint density at radius 1 is 0.850 bits per heavy atom. The molecule has 2 aromatic carbocycles. The summed E-state index contributed by atoms with van der Waals surface area (Å²) in [4.78, 5) is 4.78. The van der Waals surface area contributed by atoms with Crippen LogP contribution in [0.3, 0.4) is 0 Å². The summed E-state index contributed by atoms with van der Waals surface area (Å²) in [6.45, 7) is 2.09. The monoisotopic (exact) mass is 259 g/mol. The van der Waals surface area contributed by atoms with E-state index in [4.69, 9.17) is 9.40 Å². The number of rotatable bonds is 1. The molecule has 2 heteroatoms. The number of aromatic nitrogens is 1. The lowest BCUT2D eigenvalue weighted by Gasteiger charge is -2.02. The molecule has 0 aliphatic rings. The second-order valence-corrected chi connectivity index (χ2v) is 5.01. The van der Waals surface area contributed by atoms with Gasteiger partial charge in [0.05, 0.1) is 5.69 Å². The van der Waals surface area contributed by atoms with Crippen LogP contribution in [0.2, 0.25) is 0 Å². The van der Waals surface area contributed by atoms with Crippen LogP contribution >= 0.6 is 0 Å². The molecule has 0 unspecified atom stereocenters. The first-order chi connectivity index (χ1) is 9.81. The van der Waals surface area contributed by atoms with Gasteiger partial charge in [0.2, 0.25) is 0 Å². The van der Waals surface area contributed by atoms with Crippen molar-refractivity contribution in [2.45, 2.75) is 6.92 Å². The van der Waals surface area contributed by atoms with Crippen LogP contribution < -0.4 is 0 Å². The third-order valence-corrected chi connectivity index (χ3v) is 3.53. The zero-order valence-corrected chi connectivity index (χ0v) is 11.1. The molecule has 0 bridgehead atoms. The Morgan fingerprint density at radius 3 is 2.65 bits per heavy atom. The molecule has 0 amide bonds. The molecule has 2 heterocycles. The molecular formula is C18H13NO. The van der Waals surface area contributed by atoms with Crippen molar-refractivity contribution in [3.8, 4) is 11.3 Å². The standard InChI is InChI=1S/C18H13NO/c1-12-5-4-6-13(11-12)15-9-10-17-18(19-15)14-7-2-3-8-16(14)20-17/h2-11H,1H3. The molecule has 2 aromatic heterocycles. The van der Waals surface area contributed by atoms with E-state index in [1.807, 2.05) is 36.4 Å². The van der Waals surface area contributed by atoms with Crippen molar-refractivity contribution in [1.82, 2.24) is 4.98 Å². The largest absolute Gasteiger partial charge is 0.454 e. The van der Waals surface area contributed by atoms with Crippen LogP contribution in [0.1, 0.15) is 5.56 Å². The quantitative estimate of drug-likeness (QED) is 0.483. The SMILES string of the molecule is Cc1cccc(-c2ccc3oc4ccccc4c3n2)c1. The molecule has 4 aromatic rings. The number of furan rings is 1. The van der Waals surface area contributed by atoms with Gasteiger partial charge in [0.25, 0.3) is 0 Å². The summed E-state index contributed by atoms with van der Waals surface area (Å²) >= 11 is 0. The van der Waals surface area contributed by atoms with Crippen molar-refractivity contribution in [2.75, 3.05) is 0 Å². The number of aryl methyl sites for hydroxylation is 1. The van der Waals surface area contributed by atoms with Gasteiger partial charge in [-0.2, -0.15) is 0 Å². The van der Waals surface area contributed by atoms with Crippen LogP contribution in [0.4, 0.5) is 0 Å². The van der Waals surface area contributed by atoms with Gasteiger partial charge in [-0.3, -0.25) is 0 Å². The van der Waals surface area contributed by atoms with Gasteiger partial charge in [-0.1, -0.05) is 35.9 Å². The number of hydrogen-bond acceptors (Lipinski definition) is 2. The predicted molar refractivity (Wildman–Crippen MR) is 81.7 cm³/mol. The van der Waals surface area contributed by atoms with E-state index >= 15 is 0 Å². The maximum atomic E-state index is 5.80. The number of nitrogens with zero attached hydrogens (tertiary/aromatic N) is 1. The van der Waals surface area contributed by atoms with E-state index in [1.165, 1.54) is 5.56 Å². The van der Waals surface area contributed by atoms with Crippen molar-refractivity contribution in [2.24, 2.45) is 0 Å². The molecule has 0 aliphatic heterocycles. The summed E-state index contributed by atoms with van der Waals surface area (Å²) < 4.78 is 5.80. The van der Waals surface area contributed by atoms with Crippen LogP contribution in [0, 0.1) is 6.92 Å². The highest BCUT2D eigenvalue weighted by molar-refractivity contribution is 6.02. The fraction of sp³-hybridized carbons (Fsp3) is 0.0556. The third kappa shape index (κ3) is 1.69. The van der Waals surface area contributed by atoms with Crippen molar-refractivity contribution < 1.29 is 4.42 Å². The van der Waals surface area contributed by atoms with Crippen LogP contribution in [0.15, 0.2) is 65.1 Å². The Bertz CT molecular complexity index is 921. The first-order valence-corrected chi connectivity index (χ1v) is 6.66. The molecule has 20 heavy (non-hydrogen) atoms. The average Bonchev–Trinajstić information content (AvgIpc) is 2.85. The van der Waals surface area contributed by atoms with E-state index in [9.17, 15) is 0 Å². The van der Waals surface area contributed by atoms with Crippen LogP contribution in [-0.4, -0.2) is 4.98 Å². The summed E-state index contributed by atoms with van der Waals surface area (Å²) in [6, 6.07) is 20.4. The first kappa shape index (κ1) is 11.2. The minimum Gasteiger partial charge on any atom is -0.454 e. The van der Waals surface area contributed by atoms with Crippen molar-refractivity contribution in [3.05, 3.63) is 66.2 Å². The fourth-order valence-electron chi connectivity index (χ4n) is 2.56. The molecule has 0 saturated carbocycles. The van der Waals surface area contributed by atoms with Crippen LogP contribution in [0.25, 0.3) is 33.3 Å². The zero-order chi connectivity index (χ0) is 13.5. The van der Waals surface area contributed by atoms with E-state index in [1.54, 1.807) is 0 Å². The molecule has 4 rings (SSSR count). The molecule has 0 saturated heterocycles. The second-order valence-electron chi connectivity index (χ2n) is 5.01. The van der Waals surface area contributed by atoms with Gasteiger partial charge in [-0.25, -0.2) is 4.98 Å². The number of para-hydroxylation sites is 1. The Hall–Kier alpha value is -2.61. The Labute approximate surface area is 116 Å². The molecule has 0 radical (unpaired) electrons. The highest BCUT2D eigenvalue weighted by Gasteiger charge is 2.09. The predicted octanol–water partition coefficient (Wildman–Crippen LogP) is 4.96. The smallest absolute Gasteiger partial charge is 0.153 e. The van der Waals surface area contributed by atoms with E-state index < -0.39 is 0 Å². The first-order valence-electron chi connectivity index (χ1n) is 6.66. The lowest BCUT2D eigenvalue weighted by Crippen LogP contribution is -1.84. The minimum atomic E-state index is 0.836. The molecule has 96 valence electrons. The highest BCUT2D eigenvalue weighted by Crippen LogP contribution is 2.29. The molecule has 0 N–H and O–H groups in total. The van der Waals surface area contributed by atoms with Crippen LogP contribution in [0.5, 0.6) is 0 Å². The zero-order valence-electron chi connectivity index (χ0n) is 11.1. The summed E-state index contributed by atoms with van der Waals surface area (Å²) in [7, 11) is 0. The van der Waals surface area contributed by atoms with Gasteiger partial charge in [-0.15, -0.1) is 0 Å². The Morgan fingerprint density at radius 2 is 1.75 bits per heavy atom. The van der Waals surface area contributed by atoms with E-state index in [-0.39, 0.29) is 0 Å². The lowest BCUT2D eigenvalue weighted by atomic mass is 10.1. The fourth-order valence-corrected chi connectivity index (χ4v) is 2.56. The summed E-state index contributed by atoms with van der Waals surface area (Å²) in [5.41, 5.74) is 6.00. The Balaban J connectivity index is 2.00. The number of hydrogen-bond donors (Lipinski definition) is 0. The average molecular weight is 259 g/mol. The number of benzene rings is 2. The van der Waals surface area contributed by atoms with Crippen molar-refractivity contribution >= 4 is 22.1 Å². The minimum absolute atomic E-state index is 0.836. The molecule has 0 fully saturated rings. The van der Waals surface area contributed by atoms with E-state index in [2.05, 4.69) is 31.2 Å². The van der Waals surface area contributed by atoms with Crippen molar-refractivity contribution in [3.63, 3.8) is 0 Å². The van der Waals surface area contributed by atoms with E-state index in [0.29, 0.717) is 0 Å². The maximum Gasteiger partial charge on any atom is 0.153 e. The molecule has 0 atom stereocenters. The van der Waals surface area contributed by atoms with Gasteiger partial charge in [0.15, 0.2) is 5.58 Å². The molecule has 2 nitrogen and oxygen atoms in total. The normalized spacial score (nSPS) is 11.2. The van der Waals surface area contributed by atoms with Gasteiger partial charge in [-0.05, 0) is 37.3 Å². The van der Waals surface area contributed by atoms with Gasteiger partial charge in [0.1, 0.15) is 11.1 Å². The Kier molecular flexibility index (Phi) is 2.36. The summed E-state index contributed by atoms with van der Waals surface area (Å²) in [6.07, 6.45) is 0. The summed E-state index contributed by atoms with van der Waals surface area (Å²) in [5.74, 6) is 0. The molecular weight excluding hydrogens is 246 g/mol.